The van der Waals surface area contributed by atoms with Gasteiger partial charge in [0.2, 0.25) is 0 Å². The van der Waals surface area contributed by atoms with Crippen molar-refractivity contribution < 1.29 is 4.74 Å². The summed E-state index contributed by atoms with van der Waals surface area (Å²) in [5, 5.41) is 13.3. The van der Waals surface area contributed by atoms with Crippen molar-refractivity contribution in [3.05, 3.63) is 0 Å². The van der Waals surface area contributed by atoms with E-state index in [0.717, 1.165) is 32.5 Å². The summed E-state index contributed by atoms with van der Waals surface area (Å²) >= 11 is 0. The number of nitrogens with zero attached hydrogens (tertiary/aromatic N) is 2. The summed E-state index contributed by atoms with van der Waals surface area (Å²) in [6.07, 6.45) is 4.81. The molecule has 2 fully saturated rings. The van der Waals surface area contributed by atoms with Gasteiger partial charge in [-0.1, -0.05) is 6.42 Å². The Morgan fingerprint density at radius 3 is 2.86 bits per heavy atom. The predicted molar refractivity (Wildman–Crippen MR) is 85.0 cm³/mol. The fraction of sp³-hybridized carbons (Fsp3) is 0.941. The predicted octanol–water partition coefficient (Wildman–Crippen LogP) is 2.55. The Bertz CT molecular complexity index is 379. The van der Waals surface area contributed by atoms with Crippen LogP contribution in [-0.2, 0) is 4.74 Å². The van der Waals surface area contributed by atoms with Crippen LogP contribution in [0.25, 0.3) is 0 Å². The molecule has 4 heteroatoms. The SMILES string of the molecule is CC(C)NC1(C#N)CCCC1CCN1CC(C)OCC1C. The molecule has 0 spiro atoms. The highest BCUT2D eigenvalue weighted by Gasteiger charge is 2.43. The topological polar surface area (TPSA) is 48.3 Å². The van der Waals surface area contributed by atoms with Crippen LogP contribution in [0.15, 0.2) is 0 Å². The van der Waals surface area contributed by atoms with Gasteiger partial charge in [-0.05, 0) is 59.4 Å². The molecule has 0 bridgehead atoms. The van der Waals surface area contributed by atoms with E-state index in [1.807, 2.05) is 0 Å². The highest BCUT2D eigenvalue weighted by atomic mass is 16.5. The first kappa shape index (κ1) is 16.7. The lowest BCUT2D eigenvalue weighted by Gasteiger charge is -2.39. The summed E-state index contributed by atoms with van der Waals surface area (Å²) in [6.45, 7) is 11.6. The molecule has 0 aromatic carbocycles. The zero-order chi connectivity index (χ0) is 15.5. The molecule has 1 heterocycles. The molecule has 0 aromatic heterocycles. The van der Waals surface area contributed by atoms with Crippen molar-refractivity contribution in [3.8, 4) is 6.07 Å². The van der Waals surface area contributed by atoms with Crippen molar-refractivity contribution in [1.29, 1.82) is 5.26 Å². The van der Waals surface area contributed by atoms with Gasteiger partial charge in [0.1, 0.15) is 5.54 Å². The summed E-state index contributed by atoms with van der Waals surface area (Å²) in [5.74, 6) is 0.482. The van der Waals surface area contributed by atoms with E-state index in [4.69, 9.17) is 4.74 Å². The van der Waals surface area contributed by atoms with E-state index >= 15 is 0 Å². The lowest BCUT2D eigenvalue weighted by atomic mass is 9.85. The smallest absolute Gasteiger partial charge is 0.109 e. The maximum atomic E-state index is 9.72. The number of hydrogen-bond donors (Lipinski definition) is 1. The van der Waals surface area contributed by atoms with Crippen molar-refractivity contribution >= 4 is 0 Å². The van der Waals surface area contributed by atoms with E-state index in [0.29, 0.717) is 24.1 Å². The van der Waals surface area contributed by atoms with Crippen LogP contribution < -0.4 is 5.32 Å². The Hall–Kier alpha value is -0.630. The van der Waals surface area contributed by atoms with E-state index in [1.54, 1.807) is 0 Å². The molecule has 1 aliphatic heterocycles. The quantitative estimate of drug-likeness (QED) is 0.846. The first-order valence-electron chi connectivity index (χ1n) is 8.51. The molecule has 1 saturated heterocycles. The van der Waals surface area contributed by atoms with Crippen molar-refractivity contribution in [2.45, 2.75) is 77.1 Å². The molecular formula is C17H31N3O. The molecular weight excluding hydrogens is 262 g/mol. The van der Waals surface area contributed by atoms with Gasteiger partial charge in [0.25, 0.3) is 0 Å². The normalized spacial score (nSPS) is 37.8. The summed E-state index contributed by atoms with van der Waals surface area (Å²) in [6, 6.07) is 3.48. The lowest BCUT2D eigenvalue weighted by Crippen LogP contribution is -2.52. The molecule has 0 radical (unpaired) electrons. The number of nitrogens with one attached hydrogen (secondary N) is 1. The standard InChI is InChI=1S/C17H31N3O/c1-13(2)19-17(12-18)8-5-6-16(17)7-9-20-10-15(4)21-11-14(20)3/h13-16,19H,5-11H2,1-4H3. The van der Waals surface area contributed by atoms with Gasteiger partial charge in [-0.15, -0.1) is 0 Å². The first-order valence-corrected chi connectivity index (χ1v) is 8.51. The van der Waals surface area contributed by atoms with Gasteiger partial charge in [0, 0.05) is 18.6 Å². The number of nitriles is 1. The van der Waals surface area contributed by atoms with Gasteiger partial charge in [0.15, 0.2) is 0 Å². The van der Waals surface area contributed by atoms with Crippen LogP contribution in [0.4, 0.5) is 0 Å². The molecule has 4 unspecified atom stereocenters. The maximum absolute atomic E-state index is 9.72. The molecule has 2 rings (SSSR count). The van der Waals surface area contributed by atoms with E-state index < -0.39 is 0 Å². The molecule has 0 aromatic rings. The first-order chi connectivity index (χ1) is 9.97. The number of hydrogen-bond acceptors (Lipinski definition) is 4. The van der Waals surface area contributed by atoms with Crippen LogP contribution in [0.1, 0.15) is 53.4 Å². The average molecular weight is 293 g/mol. The molecule has 1 aliphatic carbocycles. The van der Waals surface area contributed by atoms with Crippen LogP contribution in [0.3, 0.4) is 0 Å². The van der Waals surface area contributed by atoms with E-state index in [2.05, 4.69) is 44.0 Å². The molecule has 120 valence electrons. The van der Waals surface area contributed by atoms with Crippen LogP contribution >= 0.6 is 0 Å². The van der Waals surface area contributed by atoms with Gasteiger partial charge in [0.05, 0.1) is 18.8 Å². The second kappa shape index (κ2) is 7.09. The zero-order valence-corrected chi connectivity index (χ0v) is 14.1. The summed E-state index contributed by atoms with van der Waals surface area (Å²) < 4.78 is 5.70. The van der Waals surface area contributed by atoms with Gasteiger partial charge >= 0.3 is 0 Å². The second-order valence-corrected chi connectivity index (χ2v) is 7.25. The Labute approximate surface area is 129 Å². The zero-order valence-electron chi connectivity index (χ0n) is 14.1. The summed E-state index contributed by atoms with van der Waals surface area (Å²) in [7, 11) is 0. The monoisotopic (exact) mass is 293 g/mol. The minimum absolute atomic E-state index is 0.296. The van der Waals surface area contributed by atoms with Crippen molar-refractivity contribution in [2.24, 2.45) is 5.92 Å². The number of rotatable bonds is 5. The average Bonchev–Trinajstić information content (AvgIpc) is 2.82. The Morgan fingerprint density at radius 2 is 2.19 bits per heavy atom. The molecule has 21 heavy (non-hydrogen) atoms. The fourth-order valence-corrected chi connectivity index (χ4v) is 3.96. The summed E-state index contributed by atoms with van der Waals surface area (Å²) in [4.78, 5) is 2.53. The van der Waals surface area contributed by atoms with E-state index in [1.165, 1.54) is 12.8 Å². The van der Waals surface area contributed by atoms with Crippen molar-refractivity contribution in [3.63, 3.8) is 0 Å². The lowest BCUT2D eigenvalue weighted by molar-refractivity contribution is -0.0512. The van der Waals surface area contributed by atoms with Gasteiger partial charge in [-0.2, -0.15) is 5.26 Å². The molecule has 0 amide bonds. The highest BCUT2D eigenvalue weighted by molar-refractivity contribution is 5.14. The van der Waals surface area contributed by atoms with Gasteiger partial charge < -0.3 is 4.74 Å². The third kappa shape index (κ3) is 3.97. The highest BCUT2D eigenvalue weighted by Crippen LogP contribution is 2.38. The second-order valence-electron chi connectivity index (χ2n) is 7.25. The van der Waals surface area contributed by atoms with Crippen LogP contribution in [0.2, 0.25) is 0 Å². The molecule has 1 saturated carbocycles. The summed E-state index contributed by atoms with van der Waals surface area (Å²) in [5.41, 5.74) is -0.296. The van der Waals surface area contributed by atoms with Gasteiger partial charge in [-0.25, -0.2) is 0 Å². The minimum Gasteiger partial charge on any atom is -0.376 e. The van der Waals surface area contributed by atoms with Crippen LogP contribution in [-0.4, -0.2) is 48.3 Å². The van der Waals surface area contributed by atoms with E-state index in [9.17, 15) is 5.26 Å². The third-order valence-corrected chi connectivity index (χ3v) is 5.07. The molecule has 1 N–H and O–H groups in total. The van der Waals surface area contributed by atoms with E-state index in [-0.39, 0.29) is 5.54 Å². The Morgan fingerprint density at radius 1 is 1.43 bits per heavy atom. The number of ether oxygens (including phenoxy) is 1. The Balaban J connectivity index is 1.93. The minimum atomic E-state index is -0.296. The Kier molecular flexibility index (Phi) is 5.65. The number of morpholine rings is 1. The molecule has 4 atom stereocenters. The third-order valence-electron chi connectivity index (χ3n) is 5.07. The van der Waals surface area contributed by atoms with Crippen LogP contribution in [0, 0.1) is 17.2 Å². The van der Waals surface area contributed by atoms with Crippen molar-refractivity contribution in [2.75, 3.05) is 19.7 Å². The molecule has 4 nitrogen and oxygen atoms in total. The fourth-order valence-electron chi connectivity index (χ4n) is 3.96. The van der Waals surface area contributed by atoms with Crippen molar-refractivity contribution in [1.82, 2.24) is 10.2 Å². The van der Waals surface area contributed by atoms with Gasteiger partial charge in [-0.3, -0.25) is 10.2 Å². The maximum Gasteiger partial charge on any atom is 0.109 e. The van der Waals surface area contributed by atoms with Crippen LogP contribution in [0.5, 0.6) is 0 Å². The molecule has 2 aliphatic rings. The largest absolute Gasteiger partial charge is 0.376 e.